The third kappa shape index (κ3) is 3.45. The van der Waals surface area contributed by atoms with E-state index in [0.717, 1.165) is 18.4 Å². The molecule has 4 nitrogen and oxygen atoms in total. The SMILES string of the molecule is O=C(/C=C/c1ccc2c(C(F)(F)F)n[nH]c2c1)NC1CCc2ccccc21. The van der Waals surface area contributed by atoms with Crippen molar-refractivity contribution >= 4 is 22.9 Å². The molecule has 2 aromatic carbocycles. The summed E-state index contributed by atoms with van der Waals surface area (Å²) in [5, 5.41) is 8.71. The van der Waals surface area contributed by atoms with Crippen molar-refractivity contribution in [2.75, 3.05) is 0 Å². The summed E-state index contributed by atoms with van der Waals surface area (Å²) in [4.78, 5) is 12.2. The van der Waals surface area contributed by atoms with Crippen LogP contribution in [-0.4, -0.2) is 16.1 Å². The summed E-state index contributed by atoms with van der Waals surface area (Å²) >= 11 is 0. The van der Waals surface area contributed by atoms with Gasteiger partial charge in [-0.3, -0.25) is 9.89 Å². The first-order chi connectivity index (χ1) is 12.9. The number of hydrogen-bond acceptors (Lipinski definition) is 2. The Morgan fingerprint density at radius 3 is 2.85 bits per heavy atom. The fourth-order valence-corrected chi connectivity index (χ4v) is 3.46. The Labute approximate surface area is 153 Å². The van der Waals surface area contributed by atoms with Gasteiger partial charge in [-0.2, -0.15) is 18.3 Å². The lowest BCUT2D eigenvalue weighted by atomic mass is 10.1. The largest absolute Gasteiger partial charge is 0.435 e. The van der Waals surface area contributed by atoms with Crippen LogP contribution >= 0.6 is 0 Å². The molecule has 2 N–H and O–H groups in total. The summed E-state index contributed by atoms with van der Waals surface area (Å²) in [6.07, 6.45) is 0.252. The molecule has 138 valence electrons. The van der Waals surface area contributed by atoms with Gasteiger partial charge in [0, 0.05) is 11.5 Å². The predicted molar refractivity (Wildman–Crippen MR) is 95.8 cm³/mol. The van der Waals surface area contributed by atoms with Crippen molar-refractivity contribution in [3.63, 3.8) is 0 Å². The zero-order chi connectivity index (χ0) is 19.0. The van der Waals surface area contributed by atoms with Gasteiger partial charge in [0.15, 0.2) is 5.69 Å². The molecule has 4 rings (SSSR count). The predicted octanol–water partition coefficient (Wildman–Crippen LogP) is 4.40. The minimum absolute atomic E-state index is 0.00617. The number of aryl methyl sites for hydroxylation is 1. The number of aromatic amines is 1. The molecule has 1 unspecified atom stereocenters. The van der Waals surface area contributed by atoms with Gasteiger partial charge < -0.3 is 5.32 Å². The first kappa shape index (κ1) is 17.3. The number of amides is 1. The van der Waals surface area contributed by atoms with Gasteiger partial charge in [-0.15, -0.1) is 0 Å². The average molecular weight is 371 g/mol. The van der Waals surface area contributed by atoms with Crippen LogP contribution in [0.25, 0.3) is 17.0 Å². The number of carbonyl (C=O) groups excluding carboxylic acids is 1. The highest BCUT2D eigenvalue weighted by molar-refractivity contribution is 5.93. The van der Waals surface area contributed by atoms with Gasteiger partial charge in [-0.05, 0) is 47.7 Å². The fourth-order valence-electron chi connectivity index (χ4n) is 3.46. The lowest BCUT2D eigenvalue weighted by molar-refractivity contribution is -0.140. The Morgan fingerprint density at radius 2 is 2.04 bits per heavy atom. The molecular weight excluding hydrogens is 355 g/mol. The van der Waals surface area contributed by atoms with E-state index in [1.165, 1.54) is 29.8 Å². The summed E-state index contributed by atoms with van der Waals surface area (Å²) < 4.78 is 38.6. The van der Waals surface area contributed by atoms with Gasteiger partial charge in [-0.25, -0.2) is 0 Å². The molecule has 0 fully saturated rings. The van der Waals surface area contributed by atoms with E-state index in [9.17, 15) is 18.0 Å². The van der Waals surface area contributed by atoms with Gasteiger partial charge in [-0.1, -0.05) is 30.3 Å². The molecule has 1 heterocycles. The summed E-state index contributed by atoms with van der Waals surface area (Å²) in [5.41, 5.74) is 2.33. The summed E-state index contributed by atoms with van der Waals surface area (Å²) in [5.74, 6) is -0.239. The molecule has 27 heavy (non-hydrogen) atoms. The Bertz CT molecular complexity index is 1040. The highest BCUT2D eigenvalue weighted by atomic mass is 19.4. The van der Waals surface area contributed by atoms with Gasteiger partial charge in [0.25, 0.3) is 0 Å². The molecule has 7 heteroatoms. The van der Waals surface area contributed by atoms with Gasteiger partial charge in [0.2, 0.25) is 5.91 Å². The molecule has 3 aromatic rings. The topological polar surface area (TPSA) is 57.8 Å². The van der Waals surface area contributed by atoms with Crippen LogP contribution in [0.15, 0.2) is 48.5 Å². The van der Waals surface area contributed by atoms with Gasteiger partial charge in [0.05, 0.1) is 11.6 Å². The van der Waals surface area contributed by atoms with E-state index < -0.39 is 11.9 Å². The standard InChI is InChI=1S/C20H16F3N3O/c21-20(22,23)19-15-8-5-12(11-17(15)25-26-19)6-10-18(27)24-16-9-7-13-3-1-2-4-14(13)16/h1-6,8,10-11,16H,7,9H2,(H,24,27)(H,25,26)/b10-6+. The zero-order valence-electron chi connectivity index (χ0n) is 14.2. The zero-order valence-corrected chi connectivity index (χ0v) is 14.2. The maximum absolute atomic E-state index is 12.9. The van der Waals surface area contributed by atoms with Crippen molar-refractivity contribution < 1.29 is 18.0 Å². The van der Waals surface area contributed by atoms with E-state index in [0.29, 0.717) is 5.56 Å². The van der Waals surface area contributed by atoms with Crippen LogP contribution in [0.4, 0.5) is 13.2 Å². The van der Waals surface area contributed by atoms with Crippen LogP contribution < -0.4 is 5.32 Å². The van der Waals surface area contributed by atoms with E-state index in [2.05, 4.69) is 21.6 Å². The Morgan fingerprint density at radius 1 is 1.22 bits per heavy atom. The highest BCUT2D eigenvalue weighted by Gasteiger charge is 2.35. The average Bonchev–Trinajstić information content (AvgIpc) is 3.24. The van der Waals surface area contributed by atoms with Crippen molar-refractivity contribution in [1.29, 1.82) is 0 Å². The maximum Gasteiger partial charge on any atom is 0.435 e. The molecule has 1 aliphatic carbocycles. The number of rotatable bonds is 3. The first-order valence-electron chi connectivity index (χ1n) is 8.53. The first-order valence-corrected chi connectivity index (χ1v) is 8.53. The minimum atomic E-state index is -4.51. The monoisotopic (exact) mass is 371 g/mol. The van der Waals surface area contributed by atoms with Crippen LogP contribution in [0.2, 0.25) is 0 Å². The Balaban J connectivity index is 1.47. The normalized spacial score (nSPS) is 16.8. The van der Waals surface area contributed by atoms with Crippen LogP contribution in [0.1, 0.15) is 34.8 Å². The van der Waals surface area contributed by atoms with Crippen LogP contribution in [0.3, 0.4) is 0 Å². The Hall–Kier alpha value is -3.09. The minimum Gasteiger partial charge on any atom is -0.346 e. The third-order valence-electron chi connectivity index (χ3n) is 4.73. The van der Waals surface area contributed by atoms with E-state index >= 15 is 0 Å². The smallest absolute Gasteiger partial charge is 0.346 e. The number of halogens is 3. The van der Waals surface area contributed by atoms with E-state index in [1.54, 1.807) is 6.08 Å². The second-order valence-corrected chi connectivity index (χ2v) is 6.51. The van der Waals surface area contributed by atoms with Crippen molar-refractivity contribution in [3.05, 3.63) is 70.9 Å². The van der Waals surface area contributed by atoms with Crippen LogP contribution in [0, 0.1) is 0 Å². The lowest BCUT2D eigenvalue weighted by Gasteiger charge is -2.12. The molecular formula is C20H16F3N3O. The van der Waals surface area contributed by atoms with Crippen LogP contribution in [0.5, 0.6) is 0 Å². The van der Waals surface area contributed by atoms with Crippen molar-refractivity contribution in [2.45, 2.75) is 25.1 Å². The molecule has 1 aliphatic rings. The highest BCUT2D eigenvalue weighted by Crippen LogP contribution is 2.33. The number of carbonyl (C=O) groups is 1. The second kappa shape index (κ2) is 6.57. The third-order valence-corrected chi connectivity index (χ3v) is 4.73. The number of alkyl halides is 3. The number of nitrogens with one attached hydrogen (secondary N) is 2. The lowest BCUT2D eigenvalue weighted by Crippen LogP contribution is -2.25. The van der Waals surface area contributed by atoms with Gasteiger partial charge in [0.1, 0.15) is 0 Å². The van der Waals surface area contributed by atoms with Gasteiger partial charge >= 0.3 is 6.18 Å². The molecule has 1 aromatic heterocycles. The summed E-state index contributed by atoms with van der Waals surface area (Å²) in [6, 6.07) is 12.4. The fraction of sp³-hybridized carbons (Fsp3) is 0.200. The number of hydrogen-bond donors (Lipinski definition) is 2. The molecule has 0 aliphatic heterocycles. The van der Waals surface area contributed by atoms with E-state index in [4.69, 9.17) is 0 Å². The number of fused-ring (bicyclic) bond motifs is 2. The number of nitrogens with zero attached hydrogens (tertiary/aromatic N) is 1. The molecule has 0 bridgehead atoms. The maximum atomic E-state index is 12.9. The molecule has 0 radical (unpaired) electrons. The van der Waals surface area contributed by atoms with E-state index in [-0.39, 0.29) is 22.9 Å². The van der Waals surface area contributed by atoms with Crippen molar-refractivity contribution in [2.24, 2.45) is 0 Å². The second-order valence-electron chi connectivity index (χ2n) is 6.51. The quantitative estimate of drug-likeness (QED) is 0.671. The molecule has 1 amide bonds. The number of H-pyrrole nitrogens is 1. The van der Waals surface area contributed by atoms with Crippen molar-refractivity contribution in [3.8, 4) is 0 Å². The summed E-state index contributed by atoms with van der Waals surface area (Å²) in [7, 11) is 0. The number of aromatic nitrogens is 2. The Kier molecular flexibility index (Phi) is 4.22. The van der Waals surface area contributed by atoms with Crippen LogP contribution in [-0.2, 0) is 17.4 Å². The number of benzene rings is 2. The summed E-state index contributed by atoms with van der Waals surface area (Å²) in [6.45, 7) is 0. The molecule has 1 atom stereocenters. The molecule has 0 saturated heterocycles. The molecule has 0 spiro atoms. The molecule has 0 saturated carbocycles. The van der Waals surface area contributed by atoms with E-state index in [1.807, 2.05) is 18.2 Å². The van der Waals surface area contributed by atoms with Crippen molar-refractivity contribution in [1.82, 2.24) is 15.5 Å².